The number of benzene rings is 1. The van der Waals surface area contributed by atoms with Gasteiger partial charge in [-0.05, 0) is 34.4 Å². The summed E-state index contributed by atoms with van der Waals surface area (Å²) in [5.41, 5.74) is 1.66. The molecule has 0 aliphatic heterocycles. The predicted octanol–water partition coefficient (Wildman–Crippen LogP) is 2.79. The number of hydrogen-bond acceptors (Lipinski definition) is 5. The lowest BCUT2D eigenvalue weighted by Crippen LogP contribution is -2.11. The zero-order chi connectivity index (χ0) is 13.9. The van der Waals surface area contributed by atoms with Crippen LogP contribution in [0.5, 0.6) is 0 Å². The first-order valence-electron chi connectivity index (χ1n) is 5.96. The molecule has 0 saturated heterocycles. The molecule has 1 aromatic carbocycles. The van der Waals surface area contributed by atoms with Gasteiger partial charge in [0.05, 0.1) is 6.54 Å². The van der Waals surface area contributed by atoms with Crippen LogP contribution in [0.1, 0.15) is 11.7 Å². The third-order valence-electron chi connectivity index (χ3n) is 2.80. The average Bonchev–Trinajstić information content (AvgIpc) is 3.08. The van der Waals surface area contributed by atoms with Crippen molar-refractivity contribution in [2.75, 3.05) is 0 Å². The maximum Gasteiger partial charge on any atom is 0.205 e. The number of aliphatic hydroxyl groups is 1. The van der Waals surface area contributed by atoms with Crippen molar-refractivity contribution in [3.8, 4) is 11.4 Å². The van der Waals surface area contributed by atoms with Gasteiger partial charge in [-0.25, -0.2) is 0 Å². The Morgan fingerprint density at radius 3 is 3.00 bits per heavy atom. The maximum atomic E-state index is 10.2. The van der Waals surface area contributed by atoms with E-state index in [4.69, 9.17) is 11.6 Å². The summed E-state index contributed by atoms with van der Waals surface area (Å²) >= 11 is 7.48. The second-order valence-corrected chi connectivity index (χ2v) is 5.47. The van der Waals surface area contributed by atoms with Gasteiger partial charge in [0, 0.05) is 16.0 Å². The van der Waals surface area contributed by atoms with Crippen LogP contribution in [0.3, 0.4) is 0 Å². The van der Waals surface area contributed by atoms with Gasteiger partial charge in [-0.15, -0.1) is 10.2 Å². The van der Waals surface area contributed by atoms with Crippen LogP contribution in [-0.2, 0) is 6.54 Å². The number of halogens is 1. The van der Waals surface area contributed by atoms with Gasteiger partial charge in [0.15, 0.2) is 0 Å². The molecule has 102 valence electrons. The van der Waals surface area contributed by atoms with E-state index < -0.39 is 6.10 Å². The second-order valence-electron chi connectivity index (χ2n) is 4.25. The van der Waals surface area contributed by atoms with Crippen molar-refractivity contribution in [1.82, 2.24) is 20.2 Å². The van der Waals surface area contributed by atoms with Crippen LogP contribution in [0, 0.1) is 0 Å². The van der Waals surface area contributed by atoms with Crippen LogP contribution in [0.15, 0.2) is 41.1 Å². The van der Waals surface area contributed by atoms with Gasteiger partial charge < -0.3 is 5.11 Å². The molecule has 0 aliphatic rings. The fourth-order valence-electron chi connectivity index (χ4n) is 1.80. The Kier molecular flexibility index (Phi) is 3.77. The Morgan fingerprint density at radius 2 is 2.25 bits per heavy atom. The fourth-order valence-corrected chi connectivity index (χ4v) is 2.63. The number of hydrogen-bond donors (Lipinski definition) is 1. The molecule has 0 fully saturated rings. The van der Waals surface area contributed by atoms with Crippen LogP contribution in [0.4, 0.5) is 0 Å². The van der Waals surface area contributed by atoms with E-state index in [0.29, 0.717) is 10.8 Å². The van der Waals surface area contributed by atoms with E-state index >= 15 is 0 Å². The first-order chi connectivity index (χ1) is 9.72. The normalized spacial score (nSPS) is 12.5. The summed E-state index contributed by atoms with van der Waals surface area (Å²) in [6.07, 6.45) is -0.724. The summed E-state index contributed by atoms with van der Waals surface area (Å²) in [4.78, 5) is 1.39. The van der Waals surface area contributed by atoms with E-state index in [0.717, 1.165) is 11.1 Å². The number of aromatic nitrogens is 4. The maximum absolute atomic E-state index is 10.2. The highest BCUT2D eigenvalue weighted by atomic mass is 35.5. The molecule has 7 heteroatoms. The van der Waals surface area contributed by atoms with Crippen molar-refractivity contribution in [3.63, 3.8) is 0 Å². The molecule has 0 bridgehead atoms. The smallest absolute Gasteiger partial charge is 0.205 e. The molecule has 1 N–H and O–H groups in total. The minimum Gasteiger partial charge on any atom is -0.386 e. The number of nitrogens with zero attached hydrogens (tertiary/aromatic N) is 4. The average molecular weight is 307 g/mol. The van der Waals surface area contributed by atoms with Crippen LogP contribution in [-0.4, -0.2) is 25.3 Å². The van der Waals surface area contributed by atoms with Crippen molar-refractivity contribution in [3.05, 3.63) is 51.7 Å². The third-order valence-corrected chi connectivity index (χ3v) is 3.72. The third kappa shape index (κ3) is 2.87. The molecule has 2 heterocycles. The van der Waals surface area contributed by atoms with E-state index in [-0.39, 0.29) is 6.54 Å². The standard InChI is InChI=1S/C13H11ClN4OS/c14-11-3-1-2-9(6-11)12(19)7-18-16-13(15-17-18)10-4-5-20-8-10/h1-6,8,12,19H,7H2/t12-/m0/s1. The van der Waals surface area contributed by atoms with Gasteiger partial charge in [0.25, 0.3) is 0 Å². The Morgan fingerprint density at radius 1 is 1.35 bits per heavy atom. The van der Waals surface area contributed by atoms with E-state index in [1.54, 1.807) is 29.5 Å². The van der Waals surface area contributed by atoms with Crippen LogP contribution in [0.25, 0.3) is 11.4 Å². The lowest BCUT2D eigenvalue weighted by Gasteiger charge is -2.09. The molecule has 0 aliphatic carbocycles. The Bertz CT molecular complexity index is 698. The van der Waals surface area contributed by atoms with E-state index in [2.05, 4.69) is 15.4 Å². The van der Waals surface area contributed by atoms with Crippen molar-refractivity contribution in [2.24, 2.45) is 0 Å². The molecule has 0 unspecified atom stereocenters. The van der Waals surface area contributed by atoms with Crippen molar-refractivity contribution in [1.29, 1.82) is 0 Å². The van der Waals surface area contributed by atoms with E-state index in [1.165, 1.54) is 4.80 Å². The highest BCUT2D eigenvalue weighted by Crippen LogP contribution is 2.20. The molecule has 1 atom stereocenters. The highest BCUT2D eigenvalue weighted by Gasteiger charge is 2.12. The van der Waals surface area contributed by atoms with Gasteiger partial charge in [-0.1, -0.05) is 23.7 Å². The number of rotatable bonds is 4. The quantitative estimate of drug-likeness (QED) is 0.805. The zero-order valence-corrected chi connectivity index (χ0v) is 11.9. The van der Waals surface area contributed by atoms with Gasteiger partial charge in [-0.2, -0.15) is 16.1 Å². The molecule has 2 aromatic heterocycles. The Hall–Kier alpha value is -1.76. The molecule has 0 radical (unpaired) electrons. The number of tetrazole rings is 1. The number of aliphatic hydroxyl groups excluding tert-OH is 1. The van der Waals surface area contributed by atoms with E-state index in [9.17, 15) is 5.11 Å². The predicted molar refractivity (Wildman–Crippen MR) is 77.5 cm³/mol. The van der Waals surface area contributed by atoms with Gasteiger partial charge in [0.1, 0.15) is 6.10 Å². The SMILES string of the molecule is O[C@@H](Cn1nnc(-c2ccsc2)n1)c1cccc(Cl)c1. The van der Waals surface area contributed by atoms with Crippen LogP contribution in [0.2, 0.25) is 5.02 Å². The van der Waals surface area contributed by atoms with Crippen molar-refractivity contribution in [2.45, 2.75) is 12.6 Å². The fraction of sp³-hybridized carbons (Fsp3) is 0.154. The molecule has 0 saturated carbocycles. The monoisotopic (exact) mass is 306 g/mol. The molecular formula is C13H11ClN4OS. The van der Waals surface area contributed by atoms with Crippen LogP contribution >= 0.6 is 22.9 Å². The Labute approximate surface area is 124 Å². The molecular weight excluding hydrogens is 296 g/mol. The topological polar surface area (TPSA) is 63.8 Å². The minimum absolute atomic E-state index is 0.234. The van der Waals surface area contributed by atoms with Crippen LogP contribution < -0.4 is 0 Å². The molecule has 20 heavy (non-hydrogen) atoms. The highest BCUT2D eigenvalue weighted by molar-refractivity contribution is 7.08. The summed E-state index contributed by atoms with van der Waals surface area (Å²) in [5.74, 6) is 0.560. The molecule has 3 rings (SSSR count). The molecule has 0 amide bonds. The lowest BCUT2D eigenvalue weighted by molar-refractivity contribution is 0.144. The second kappa shape index (κ2) is 5.70. The zero-order valence-electron chi connectivity index (χ0n) is 10.3. The van der Waals surface area contributed by atoms with Gasteiger partial charge in [0.2, 0.25) is 5.82 Å². The van der Waals surface area contributed by atoms with Gasteiger partial charge >= 0.3 is 0 Å². The summed E-state index contributed by atoms with van der Waals surface area (Å²) in [6.45, 7) is 0.234. The summed E-state index contributed by atoms with van der Waals surface area (Å²) in [7, 11) is 0. The first-order valence-corrected chi connectivity index (χ1v) is 7.28. The molecule has 0 spiro atoms. The molecule has 5 nitrogen and oxygen atoms in total. The summed E-state index contributed by atoms with van der Waals surface area (Å²) in [5, 5.41) is 26.8. The number of thiophene rings is 1. The van der Waals surface area contributed by atoms with Gasteiger partial charge in [-0.3, -0.25) is 0 Å². The Balaban J connectivity index is 1.75. The largest absolute Gasteiger partial charge is 0.386 e. The minimum atomic E-state index is -0.724. The lowest BCUT2D eigenvalue weighted by atomic mass is 10.1. The summed E-state index contributed by atoms with van der Waals surface area (Å²) < 4.78 is 0. The molecule has 3 aromatic rings. The van der Waals surface area contributed by atoms with Crippen molar-refractivity contribution < 1.29 is 5.11 Å². The first kappa shape index (κ1) is 13.2. The summed E-state index contributed by atoms with van der Waals surface area (Å²) in [6, 6.07) is 9.03. The van der Waals surface area contributed by atoms with E-state index in [1.807, 2.05) is 22.9 Å². The van der Waals surface area contributed by atoms with Crippen molar-refractivity contribution >= 4 is 22.9 Å².